The van der Waals surface area contributed by atoms with Crippen molar-refractivity contribution in [3.63, 3.8) is 0 Å². The third-order valence-corrected chi connectivity index (χ3v) is 1.89. The van der Waals surface area contributed by atoms with Crippen LogP contribution in [-0.2, 0) is 18.6 Å². The lowest BCUT2D eigenvalue weighted by Gasteiger charge is -2.17. The van der Waals surface area contributed by atoms with Gasteiger partial charge in [0, 0.05) is 27.5 Å². The Hall–Kier alpha value is -0.420. The second kappa shape index (κ2) is 13.0. The van der Waals surface area contributed by atoms with E-state index in [4.69, 9.17) is 19.5 Å². The molecule has 0 aliphatic carbocycles. The van der Waals surface area contributed by atoms with Gasteiger partial charge in [0.25, 0.3) is 0 Å². The van der Waals surface area contributed by atoms with Gasteiger partial charge in [0.1, 0.15) is 0 Å². The summed E-state index contributed by atoms with van der Waals surface area (Å²) in [6.07, 6.45) is 0. The summed E-state index contributed by atoms with van der Waals surface area (Å²) < 4.78 is 20.6. The molecule has 18 heavy (non-hydrogen) atoms. The molecule has 0 saturated carbocycles. The lowest BCUT2D eigenvalue weighted by molar-refractivity contribution is -0.159. The van der Waals surface area contributed by atoms with Crippen LogP contribution in [0.4, 0.5) is 0 Å². The van der Waals surface area contributed by atoms with Gasteiger partial charge in [0.15, 0.2) is 14.2 Å². The third kappa shape index (κ3) is 20.9. The van der Waals surface area contributed by atoms with E-state index in [0.29, 0.717) is 0 Å². The van der Waals surface area contributed by atoms with E-state index in [1.165, 1.54) is 13.3 Å². The van der Waals surface area contributed by atoms with Crippen LogP contribution in [0.25, 0.3) is 0 Å². The number of esters is 1. The Morgan fingerprint density at radius 2 is 1.44 bits per heavy atom. The molecule has 6 nitrogen and oxygen atoms in total. The first-order valence-electron chi connectivity index (χ1n) is 4.89. The van der Waals surface area contributed by atoms with Crippen LogP contribution in [0.1, 0.15) is 28.2 Å². The zero-order chi connectivity index (χ0) is 14.7. The second-order valence-electron chi connectivity index (χ2n) is 4.18. The van der Waals surface area contributed by atoms with Gasteiger partial charge in [-0.1, -0.05) is 7.43 Å². The minimum Gasteiger partial charge on any atom is -0.438 e. The van der Waals surface area contributed by atoms with Crippen LogP contribution < -0.4 is 0 Å². The predicted octanol–water partition coefficient (Wildman–Crippen LogP) is 1.94. The Morgan fingerprint density at radius 3 is 1.67 bits per heavy atom. The largest absolute Gasteiger partial charge is 0.438 e. The number of ether oxygens (including phenoxy) is 1. The summed E-state index contributed by atoms with van der Waals surface area (Å²) >= 11 is 0. The molecule has 0 radical (unpaired) electrons. The number of rotatable bonds is 3. The van der Waals surface area contributed by atoms with Crippen molar-refractivity contribution in [2.45, 2.75) is 28.2 Å². The van der Waals surface area contributed by atoms with Gasteiger partial charge in [-0.05, 0) is 20.8 Å². The lowest BCUT2D eigenvalue weighted by Crippen LogP contribution is -2.23. The van der Waals surface area contributed by atoms with Crippen LogP contribution in [0.3, 0.4) is 0 Å². The number of aliphatic hydroxyl groups excluding tert-OH is 2. The minimum atomic E-state index is -2.55. The number of carbonyl (C=O) groups is 1. The summed E-state index contributed by atoms with van der Waals surface area (Å²) in [7, 11) is -0.551. The van der Waals surface area contributed by atoms with Crippen LogP contribution in [0.5, 0.6) is 0 Å². The fraction of sp³-hybridized carbons (Fsp3) is 0.909. The van der Waals surface area contributed by atoms with Gasteiger partial charge in [-0.25, -0.2) is 0 Å². The Balaban J connectivity index is -0.000000177. The van der Waals surface area contributed by atoms with E-state index in [1.807, 2.05) is 0 Å². The molecule has 0 amide bonds. The highest BCUT2D eigenvalue weighted by Gasteiger charge is 2.23. The molecule has 0 bridgehead atoms. The summed E-state index contributed by atoms with van der Waals surface area (Å²) in [6.45, 7) is 7.93. The summed E-state index contributed by atoms with van der Waals surface area (Å²) in [6, 6.07) is 0. The predicted molar refractivity (Wildman–Crippen MR) is 74.0 cm³/mol. The molecule has 0 unspecified atom stereocenters. The van der Waals surface area contributed by atoms with Crippen LogP contribution in [0.15, 0.2) is 0 Å². The number of hydrogen-bond donors (Lipinski definition) is 2. The van der Waals surface area contributed by atoms with E-state index in [-0.39, 0.29) is 20.2 Å². The minimum absolute atomic E-state index is 0. The van der Waals surface area contributed by atoms with E-state index >= 15 is 0 Å². The standard InChI is InChI=1S/C8H17O4P.2CH4O.CH4/c1-8(2,3)7(9)11-6-12-13(4,5)10;2*1-2;/h6H2,1-5H3;2*2H,1H3;1H4. The molecule has 0 rings (SSSR count). The zero-order valence-corrected chi connectivity index (χ0v) is 12.6. The lowest BCUT2D eigenvalue weighted by atomic mass is 9.98. The Bertz CT molecular complexity index is 228. The Morgan fingerprint density at radius 1 is 1.11 bits per heavy atom. The Labute approximate surface area is 111 Å². The average molecular weight is 288 g/mol. The second-order valence-corrected chi connectivity index (χ2v) is 6.94. The first-order valence-corrected chi connectivity index (χ1v) is 7.41. The molecule has 114 valence electrons. The van der Waals surface area contributed by atoms with Crippen molar-refractivity contribution in [3.05, 3.63) is 0 Å². The molecule has 0 aromatic heterocycles. The normalized spacial score (nSPS) is 9.83. The highest BCUT2D eigenvalue weighted by molar-refractivity contribution is 7.57. The van der Waals surface area contributed by atoms with Gasteiger partial charge in [-0.3, -0.25) is 13.9 Å². The molecular weight excluding hydrogens is 259 g/mol. The molecule has 0 aliphatic heterocycles. The molecular formula is C11H29O6P. The van der Waals surface area contributed by atoms with Gasteiger partial charge in [-0.2, -0.15) is 0 Å². The molecule has 0 aromatic rings. The molecule has 0 aliphatic rings. The molecule has 0 saturated heterocycles. The van der Waals surface area contributed by atoms with Gasteiger partial charge >= 0.3 is 5.97 Å². The highest BCUT2D eigenvalue weighted by atomic mass is 31.2. The molecule has 7 heteroatoms. The zero-order valence-electron chi connectivity index (χ0n) is 11.7. The van der Waals surface area contributed by atoms with Crippen molar-refractivity contribution in [3.8, 4) is 0 Å². The van der Waals surface area contributed by atoms with Crippen molar-refractivity contribution < 1.29 is 28.8 Å². The summed E-state index contributed by atoms with van der Waals surface area (Å²) in [4.78, 5) is 11.2. The van der Waals surface area contributed by atoms with Crippen LogP contribution in [0, 0.1) is 5.41 Å². The fourth-order valence-electron chi connectivity index (χ4n) is 0.423. The molecule has 0 aromatic carbocycles. The van der Waals surface area contributed by atoms with Crippen LogP contribution >= 0.6 is 7.37 Å². The summed E-state index contributed by atoms with van der Waals surface area (Å²) in [5.74, 6) is -0.360. The maximum Gasteiger partial charge on any atom is 0.313 e. The topological polar surface area (TPSA) is 93.1 Å². The van der Waals surface area contributed by atoms with Crippen molar-refractivity contribution in [2.24, 2.45) is 5.41 Å². The SMILES string of the molecule is C.CC(C)(C)C(=O)OCOP(C)(C)=O.CO.CO. The summed E-state index contributed by atoms with van der Waals surface area (Å²) in [5, 5.41) is 14.0. The van der Waals surface area contributed by atoms with Crippen molar-refractivity contribution in [1.82, 2.24) is 0 Å². The van der Waals surface area contributed by atoms with Crippen molar-refractivity contribution in [2.75, 3.05) is 34.3 Å². The van der Waals surface area contributed by atoms with Crippen LogP contribution in [0.2, 0.25) is 0 Å². The molecule has 0 atom stereocenters. The van der Waals surface area contributed by atoms with Crippen LogP contribution in [-0.4, -0.2) is 50.5 Å². The monoisotopic (exact) mass is 288 g/mol. The number of aliphatic hydroxyl groups is 2. The van der Waals surface area contributed by atoms with E-state index in [2.05, 4.69) is 0 Å². The first kappa shape index (κ1) is 26.2. The third-order valence-electron chi connectivity index (χ3n) is 1.17. The van der Waals surface area contributed by atoms with Gasteiger partial charge in [0.05, 0.1) is 5.41 Å². The fourth-order valence-corrected chi connectivity index (χ4v) is 0.730. The molecule has 0 fully saturated rings. The molecule has 0 heterocycles. The Kier molecular flexibility index (Phi) is 19.0. The van der Waals surface area contributed by atoms with Gasteiger partial charge in [-0.15, -0.1) is 0 Å². The van der Waals surface area contributed by atoms with Gasteiger partial charge in [0.2, 0.25) is 0 Å². The maximum atomic E-state index is 11.2. The molecule has 2 N–H and O–H groups in total. The smallest absolute Gasteiger partial charge is 0.313 e. The first-order chi connectivity index (χ1) is 7.63. The quantitative estimate of drug-likeness (QED) is 0.468. The molecule has 0 spiro atoms. The average Bonchev–Trinajstić information content (AvgIpc) is 2.20. The number of hydrogen-bond acceptors (Lipinski definition) is 6. The van der Waals surface area contributed by atoms with E-state index in [0.717, 1.165) is 14.2 Å². The van der Waals surface area contributed by atoms with Crippen molar-refractivity contribution >= 4 is 13.3 Å². The summed E-state index contributed by atoms with van der Waals surface area (Å²) in [5.41, 5.74) is -0.547. The van der Waals surface area contributed by atoms with E-state index in [1.54, 1.807) is 20.8 Å². The maximum absolute atomic E-state index is 11.2. The number of carbonyl (C=O) groups excluding carboxylic acids is 1. The van der Waals surface area contributed by atoms with Crippen molar-refractivity contribution in [1.29, 1.82) is 0 Å². The van der Waals surface area contributed by atoms with Gasteiger partial charge < -0.3 is 14.9 Å². The van der Waals surface area contributed by atoms with E-state index in [9.17, 15) is 9.36 Å². The van der Waals surface area contributed by atoms with E-state index < -0.39 is 12.8 Å². The highest BCUT2D eigenvalue weighted by Crippen LogP contribution is 2.36.